The summed E-state index contributed by atoms with van der Waals surface area (Å²) < 4.78 is 2.41. The second kappa shape index (κ2) is 10.9. The highest BCUT2D eigenvalue weighted by Crippen LogP contribution is 2.40. The van der Waals surface area contributed by atoms with Crippen molar-refractivity contribution in [3.05, 3.63) is 31.9 Å². The molecule has 0 N–H and O–H groups in total. The van der Waals surface area contributed by atoms with Crippen molar-refractivity contribution in [2.24, 2.45) is 11.8 Å². The minimum atomic E-state index is -0.227. The molecular weight excluding hydrogens is 476 g/mol. The van der Waals surface area contributed by atoms with Crippen molar-refractivity contribution in [2.45, 2.75) is 85.2 Å². The van der Waals surface area contributed by atoms with Crippen LogP contribution in [0.15, 0.2) is 9.70 Å². The van der Waals surface area contributed by atoms with Crippen molar-refractivity contribution in [1.29, 1.82) is 5.26 Å². The maximum atomic E-state index is 13.5. The maximum absolute atomic E-state index is 13.5. The van der Waals surface area contributed by atoms with Gasteiger partial charge in [-0.3, -0.25) is 19.1 Å². The molecule has 1 aromatic heterocycles. The molecule has 3 heterocycles. The number of anilines is 1. The van der Waals surface area contributed by atoms with E-state index in [9.17, 15) is 14.9 Å². The molecule has 0 spiro atoms. The van der Waals surface area contributed by atoms with E-state index >= 15 is 0 Å². The second-order valence-corrected chi connectivity index (χ2v) is 12.2. The Morgan fingerprint density at radius 3 is 2.43 bits per heavy atom. The number of piperidine rings is 1. The van der Waals surface area contributed by atoms with Crippen molar-refractivity contribution in [3.63, 3.8) is 0 Å². The zero-order valence-corrected chi connectivity index (χ0v) is 22.9. The van der Waals surface area contributed by atoms with E-state index < -0.39 is 0 Å². The first kappa shape index (κ1) is 26.0. The number of thiocarbonyl (C=S) groups is 1. The third-order valence-corrected chi connectivity index (χ3v) is 8.87. The number of amides is 1. The molecular formula is C27H36N4O2S2. The lowest BCUT2D eigenvalue weighted by Crippen LogP contribution is -2.43. The molecule has 35 heavy (non-hydrogen) atoms. The van der Waals surface area contributed by atoms with Crippen LogP contribution >= 0.6 is 24.0 Å². The zero-order chi connectivity index (χ0) is 25.3. The Hall–Kier alpha value is -2.11. The van der Waals surface area contributed by atoms with Gasteiger partial charge in [-0.25, -0.2) is 0 Å². The van der Waals surface area contributed by atoms with Gasteiger partial charge in [0, 0.05) is 31.2 Å². The van der Waals surface area contributed by atoms with Gasteiger partial charge in [-0.05, 0) is 56.1 Å². The molecule has 0 aromatic carbocycles. The van der Waals surface area contributed by atoms with Crippen molar-refractivity contribution < 1.29 is 4.79 Å². The highest BCUT2D eigenvalue weighted by Gasteiger charge is 2.39. The minimum Gasteiger partial charge on any atom is -0.357 e. The number of hydrogen-bond donors (Lipinski definition) is 0. The molecule has 2 atom stereocenters. The quantitative estimate of drug-likeness (QED) is 0.373. The van der Waals surface area contributed by atoms with Gasteiger partial charge < -0.3 is 4.90 Å². The van der Waals surface area contributed by atoms with E-state index in [-0.39, 0.29) is 23.1 Å². The normalized spacial score (nSPS) is 24.6. The third-order valence-electron chi connectivity index (χ3n) is 7.54. The molecule has 0 radical (unpaired) electrons. The summed E-state index contributed by atoms with van der Waals surface area (Å²) in [7, 11) is 0. The molecule has 0 bridgehead atoms. The Bertz CT molecular complexity index is 1130. The van der Waals surface area contributed by atoms with Crippen molar-refractivity contribution in [2.75, 3.05) is 18.0 Å². The number of nitrogens with zero attached hydrogens (tertiary/aromatic N) is 4. The third kappa shape index (κ3) is 5.08. The summed E-state index contributed by atoms with van der Waals surface area (Å²) in [5, 5.41) is 9.90. The van der Waals surface area contributed by atoms with Gasteiger partial charge in [0.1, 0.15) is 21.8 Å². The molecule has 4 rings (SSSR count). The number of carbonyl (C=O) groups is 1. The molecule has 8 heteroatoms. The van der Waals surface area contributed by atoms with Gasteiger partial charge in [0.15, 0.2) is 0 Å². The molecule has 2 aliphatic heterocycles. The minimum absolute atomic E-state index is 0.0394. The highest BCUT2D eigenvalue weighted by atomic mass is 32.2. The van der Waals surface area contributed by atoms with Crippen LogP contribution in [-0.2, 0) is 11.3 Å². The first-order valence-corrected chi connectivity index (χ1v) is 14.2. The summed E-state index contributed by atoms with van der Waals surface area (Å²) >= 11 is 6.98. The summed E-state index contributed by atoms with van der Waals surface area (Å²) in [5.41, 5.74) is 1.40. The first-order chi connectivity index (χ1) is 16.8. The fourth-order valence-electron chi connectivity index (χ4n) is 5.93. The average Bonchev–Trinajstić information content (AvgIpc) is 3.42. The van der Waals surface area contributed by atoms with Crippen LogP contribution in [-0.4, -0.2) is 38.8 Å². The first-order valence-electron chi connectivity index (χ1n) is 13.0. The summed E-state index contributed by atoms with van der Waals surface area (Å²) in [5.74, 6) is 1.81. The summed E-state index contributed by atoms with van der Waals surface area (Å²) in [6.07, 6.45) is 9.10. The van der Waals surface area contributed by atoms with Gasteiger partial charge in [-0.2, -0.15) is 5.26 Å². The fourth-order valence-corrected chi connectivity index (χ4v) is 7.31. The van der Waals surface area contributed by atoms with Crippen molar-refractivity contribution in [1.82, 2.24) is 9.47 Å². The van der Waals surface area contributed by atoms with E-state index in [0.717, 1.165) is 69.4 Å². The van der Waals surface area contributed by atoms with Crippen LogP contribution in [0.5, 0.6) is 0 Å². The maximum Gasteiger partial charge on any atom is 0.270 e. The van der Waals surface area contributed by atoms with Crippen LogP contribution in [0.4, 0.5) is 5.82 Å². The number of thioether (sulfide) groups is 1. The van der Waals surface area contributed by atoms with Gasteiger partial charge in [0.25, 0.3) is 11.5 Å². The Kier molecular flexibility index (Phi) is 8.07. The number of aromatic nitrogens is 1. The van der Waals surface area contributed by atoms with Crippen molar-refractivity contribution >= 4 is 46.1 Å². The molecule has 188 valence electrons. The monoisotopic (exact) mass is 512 g/mol. The number of rotatable bonds is 6. The van der Waals surface area contributed by atoms with Crippen LogP contribution in [0.3, 0.4) is 0 Å². The van der Waals surface area contributed by atoms with E-state index in [1.165, 1.54) is 11.8 Å². The lowest BCUT2D eigenvalue weighted by atomic mass is 9.91. The number of hydrogen-bond acceptors (Lipinski definition) is 6. The SMILES string of the molecule is CCCCn1c(N2CC(C)CC(C)C2)c(C=C2SC(=S)N(C3CCCC3)C2=O)c(C)c(C#N)c1=O. The Morgan fingerprint density at radius 2 is 1.83 bits per heavy atom. The smallest absolute Gasteiger partial charge is 0.270 e. The number of carbonyl (C=O) groups excluding carboxylic acids is 1. The van der Waals surface area contributed by atoms with Gasteiger partial charge in [0.05, 0.1) is 4.91 Å². The van der Waals surface area contributed by atoms with E-state index in [1.54, 1.807) is 9.47 Å². The lowest BCUT2D eigenvalue weighted by molar-refractivity contribution is -0.123. The Labute approximate surface area is 218 Å². The van der Waals surface area contributed by atoms with E-state index in [4.69, 9.17) is 12.2 Å². The standard InChI is InChI=1S/C27H36N4O2S2/c1-5-6-11-30-24(29-15-17(2)12-18(3)16-29)21(19(4)22(14-28)25(30)32)13-23-26(33)31(27(34)35-23)20-9-7-8-10-20/h13,17-18,20H,5-12,15-16H2,1-4H3. The van der Waals surface area contributed by atoms with Crippen LogP contribution in [0.1, 0.15) is 82.4 Å². The highest BCUT2D eigenvalue weighted by molar-refractivity contribution is 8.26. The molecule has 3 aliphatic rings. The van der Waals surface area contributed by atoms with Crippen LogP contribution < -0.4 is 10.5 Å². The topological polar surface area (TPSA) is 69.3 Å². The fraction of sp³-hybridized carbons (Fsp3) is 0.630. The predicted octanol–water partition coefficient (Wildman–Crippen LogP) is 5.45. The number of nitriles is 1. The Balaban J connectivity index is 1.88. The van der Waals surface area contributed by atoms with Gasteiger partial charge in [0.2, 0.25) is 0 Å². The molecule has 6 nitrogen and oxygen atoms in total. The van der Waals surface area contributed by atoms with Gasteiger partial charge in [-0.15, -0.1) is 0 Å². The molecule has 3 fully saturated rings. The lowest BCUT2D eigenvalue weighted by Gasteiger charge is -2.39. The van der Waals surface area contributed by atoms with E-state index in [2.05, 4.69) is 31.7 Å². The van der Waals surface area contributed by atoms with Crippen molar-refractivity contribution in [3.8, 4) is 6.07 Å². The van der Waals surface area contributed by atoms with Crippen LogP contribution in [0.2, 0.25) is 0 Å². The van der Waals surface area contributed by atoms with Crippen LogP contribution in [0, 0.1) is 30.1 Å². The Morgan fingerprint density at radius 1 is 1.17 bits per heavy atom. The molecule has 1 amide bonds. The molecule has 1 aromatic rings. The van der Waals surface area contributed by atoms with Gasteiger partial charge >= 0.3 is 0 Å². The van der Waals surface area contributed by atoms with E-state index in [1.807, 2.05) is 13.0 Å². The molecule has 2 saturated heterocycles. The molecule has 1 saturated carbocycles. The molecule has 1 aliphatic carbocycles. The second-order valence-electron chi connectivity index (χ2n) is 10.5. The summed E-state index contributed by atoms with van der Waals surface area (Å²) in [6, 6.07) is 2.34. The zero-order valence-electron chi connectivity index (χ0n) is 21.3. The summed E-state index contributed by atoms with van der Waals surface area (Å²) in [6.45, 7) is 10.7. The van der Waals surface area contributed by atoms with Crippen LogP contribution in [0.25, 0.3) is 6.08 Å². The molecule has 2 unspecified atom stereocenters. The number of pyridine rings is 1. The predicted molar refractivity (Wildman–Crippen MR) is 147 cm³/mol. The number of unbranched alkanes of at least 4 members (excludes halogenated alkanes) is 1. The van der Waals surface area contributed by atoms with Gasteiger partial charge in [-0.1, -0.05) is 64.0 Å². The van der Waals surface area contributed by atoms with E-state index in [0.29, 0.717) is 33.2 Å². The largest absolute Gasteiger partial charge is 0.357 e. The average molecular weight is 513 g/mol. The summed E-state index contributed by atoms with van der Waals surface area (Å²) in [4.78, 5) is 31.7.